The van der Waals surface area contributed by atoms with Crippen LogP contribution in [0.4, 0.5) is 5.69 Å². The number of anilines is 1. The van der Waals surface area contributed by atoms with Gasteiger partial charge >= 0.3 is 0 Å². The molecule has 1 amide bonds. The largest absolute Gasteiger partial charge is 0.495 e. The molecule has 0 aliphatic heterocycles. The second kappa shape index (κ2) is 8.10. The zero-order valence-corrected chi connectivity index (χ0v) is 16.9. The number of aryl methyl sites for hydroxylation is 1. The number of amides is 1. The van der Waals surface area contributed by atoms with Crippen molar-refractivity contribution >= 4 is 21.6 Å². The van der Waals surface area contributed by atoms with Crippen LogP contribution in [0, 0.1) is 0 Å². The zero-order chi connectivity index (χ0) is 20.2. The minimum absolute atomic E-state index is 0.0886. The van der Waals surface area contributed by atoms with Crippen molar-refractivity contribution in [3.05, 3.63) is 53.6 Å². The summed E-state index contributed by atoms with van der Waals surface area (Å²) in [6, 6.07) is 12.5. The Balaban J connectivity index is 2.02. The monoisotopic (exact) mass is 390 g/mol. The van der Waals surface area contributed by atoms with E-state index >= 15 is 0 Å². The fourth-order valence-electron chi connectivity index (χ4n) is 2.63. The fourth-order valence-corrected chi connectivity index (χ4v) is 3.35. The van der Waals surface area contributed by atoms with E-state index in [1.54, 1.807) is 6.07 Å². The lowest BCUT2D eigenvalue weighted by molar-refractivity contribution is -0.116. The van der Waals surface area contributed by atoms with Gasteiger partial charge in [0.25, 0.3) is 0 Å². The number of carbonyl (C=O) groups is 1. The third kappa shape index (κ3) is 5.80. The molecule has 6 nitrogen and oxygen atoms in total. The molecule has 0 fully saturated rings. The molecule has 0 unspecified atom stereocenters. The lowest BCUT2D eigenvalue weighted by Gasteiger charge is -2.19. The van der Waals surface area contributed by atoms with Crippen molar-refractivity contribution in [3.63, 3.8) is 0 Å². The van der Waals surface area contributed by atoms with E-state index in [1.807, 2.05) is 12.1 Å². The first-order valence-corrected chi connectivity index (χ1v) is 10.2. The number of hydrogen-bond acceptors (Lipinski definition) is 4. The van der Waals surface area contributed by atoms with Gasteiger partial charge < -0.3 is 10.1 Å². The minimum Gasteiger partial charge on any atom is -0.495 e. The average molecular weight is 391 g/mol. The number of ether oxygens (including phenoxy) is 1. The van der Waals surface area contributed by atoms with Gasteiger partial charge in [0.2, 0.25) is 15.9 Å². The van der Waals surface area contributed by atoms with Crippen LogP contribution in [0.25, 0.3) is 0 Å². The van der Waals surface area contributed by atoms with E-state index in [9.17, 15) is 13.2 Å². The Morgan fingerprint density at radius 2 is 1.74 bits per heavy atom. The molecule has 0 saturated carbocycles. The Morgan fingerprint density at radius 3 is 2.26 bits per heavy atom. The van der Waals surface area contributed by atoms with Gasteiger partial charge in [-0.05, 0) is 41.2 Å². The van der Waals surface area contributed by atoms with Crippen LogP contribution in [0.5, 0.6) is 5.75 Å². The number of rotatable bonds is 6. The van der Waals surface area contributed by atoms with Crippen molar-refractivity contribution in [1.29, 1.82) is 0 Å². The summed E-state index contributed by atoms with van der Waals surface area (Å²) < 4.78 is 28.3. The number of nitrogens with one attached hydrogen (secondary N) is 1. The summed E-state index contributed by atoms with van der Waals surface area (Å²) >= 11 is 0. The summed E-state index contributed by atoms with van der Waals surface area (Å²) in [7, 11) is -2.60. The lowest BCUT2D eigenvalue weighted by Crippen LogP contribution is -2.16. The van der Waals surface area contributed by atoms with Gasteiger partial charge in [-0.3, -0.25) is 4.79 Å². The first-order valence-electron chi connectivity index (χ1n) is 8.61. The maximum atomic E-state index is 12.2. The van der Waals surface area contributed by atoms with Crippen LogP contribution in [-0.2, 0) is 26.7 Å². The molecule has 3 N–H and O–H groups in total. The predicted molar refractivity (Wildman–Crippen MR) is 106 cm³/mol. The molecule has 0 spiro atoms. The summed E-state index contributed by atoms with van der Waals surface area (Å²) in [5, 5.41) is 7.89. The Kier molecular flexibility index (Phi) is 6.28. The molecule has 0 heterocycles. The highest BCUT2D eigenvalue weighted by atomic mass is 32.2. The molecule has 0 aliphatic rings. The van der Waals surface area contributed by atoms with E-state index in [2.05, 4.69) is 38.2 Å². The normalized spacial score (nSPS) is 11.9. The third-order valence-corrected chi connectivity index (χ3v) is 5.15. The molecule has 2 rings (SSSR count). The maximum absolute atomic E-state index is 12.2. The van der Waals surface area contributed by atoms with E-state index in [1.165, 1.54) is 24.8 Å². The van der Waals surface area contributed by atoms with Crippen molar-refractivity contribution in [3.8, 4) is 5.75 Å². The van der Waals surface area contributed by atoms with Crippen LogP contribution in [0.1, 0.15) is 38.3 Å². The van der Waals surface area contributed by atoms with Gasteiger partial charge in [-0.1, -0.05) is 45.0 Å². The summed E-state index contributed by atoms with van der Waals surface area (Å²) in [5.74, 6) is -0.0742. The average Bonchev–Trinajstić information content (AvgIpc) is 2.59. The predicted octanol–water partition coefficient (Wildman–Crippen LogP) is 3.21. The SMILES string of the molecule is COc1ccc(NC(=O)CCc2ccc(C(C)(C)C)cc2)cc1S(N)(=O)=O. The second-order valence-corrected chi connectivity index (χ2v) is 8.94. The van der Waals surface area contributed by atoms with Crippen LogP contribution in [0.2, 0.25) is 0 Å². The van der Waals surface area contributed by atoms with Gasteiger partial charge in [0, 0.05) is 12.1 Å². The quantitative estimate of drug-likeness (QED) is 0.791. The molecular weight excluding hydrogens is 364 g/mol. The summed E-state index contributed by atoms with van der Waals surface area (Å²) in [5.41, 5.74) is 2.75. The van der Waals surface area contributed by atoms with Crippen LogP contribution >= 0.6 is 0 Å². The highest BCUT2D eigenvalue weighted by molar-refractivity contribution is 7.89. The number of methoxy groups -OCH3 is 1. The van der Waals surface area contributed by atoms with Crippen molar-refractivity contribution in [2.75, 3.05) is 12.4 Å². The van der Waals surface area contributed by atoms with Gasteiger partial charge in [0.1, 0.15) is 10.6 Å². The highest BCUT2D eigenvalue weighted by Crippen LogP contribution is 2.26. The van der Waals surface area contributed by atoms with Crippen molar-refractivity contribution in [2.24, 2.45) is 5.14 Å². The molecular formula is C20H26N2O4S. The molecule has 0 aromatic heterocycles. The Morgan fingerprint density at radius 1 is 1.11 bits per heavy atom. The first-order chi connectivity index (χ1) is 12.5. The number of nitrogens with two attached hydrogens (primary N) is 1. The van der Waals surface area contributed by atoms with Gasteiger partial charge in [-0.25, -0.2) is 13.6 Å². The first kappa shape index (κ1) is 20.9. The van der Waals surface area contributed by atoms with E-state index in [4.69, 9.17) is 9.88 Å². The fraction of sp³-hybridized carbons (Fsp3) is 0.350. The van der Waals surface area contributed by atoms with E-state index in [0.29, 0.717) is 12.1 Å². The van der Waals surface area contributed by atoms with Crippen molar-refractivity contribution in [2.45, 2.75) is 43.9 Å². The number of primary sulfonamides is 1. The standard InChI is InChI=1S/C20H26N2O4S/c1-20(2,3)15-8-5-14(6-9-15)7-12-19(23)22-16-10-11-17(26-4)18(13-16)27(21,24)25/h5-6,8-11,13H,7,12H2,1-4H3,(H,22,23)(H2,21,24,25). The molecule has 27 heavy (non-hydrogen) atoms. The van der Waals surface area contributed by atoms with Gasteiger partial charge in [-0.15, -0.1) is 0 Å². The van der Waals surface area contributed by atoms with E-state index in [-0.39, 0.29) is 28.4 Å². The smallest absolute Gasteiger partial charge is 0.241 e. The topological polar surface area (TPSA) is 98.5 Å². The lowest BCUT2D eigenvalue weighted by atomic mass is 9.86. The Hall–Kier alpha value is -2.38. The second-order valence-electron chi connectivity index (χ2n) is 7.41. The highest BCUT2D eigenvalue weighted by Gasteiger charge is 2.16. The van der Waals surface area contributed by atoms with Gasteiger partial charge in [0.15, 0.2) is 0 Å². The molecule has 0 bridgehead atoms. The summed E-state index contributed by atoms with van der Waals surface area (Å²) in [4.78, 5) is 12.0. The van der Waals surface area contributed by atoms with E-state index < -0.39 is 10.0 Å². The third-order valence-electron chi connectivity index (χ3n) is 4.21. The van der Waals surface area contributed by atoms with Crippen LogP contribution in [0.15, 0.2) is 47.4 Å². The molecule has 0 radical (unpaired) electrons. The summed E-state index contributed by atoms with van der Waals surface area (Å²) in [6.45, 7) is 6.46. The zero-order valence-electron chi connectivity index (χ0n) is 16.1. The van der Waals surface area contributed by atoms with Crippen LogP contribution < -0.4 is 15.2 Å². The number of benzene rings is 2. The number of hydrogen-bond donors (Lipinski definition) is 2. The maximum Gasteiger partial charge on any atom is 0.241 e. The van der Waals surface area contributed by atoms with Crippen molar-refractivity contribution < 1.29 is 17.9 Å². The van der Waals surface area contributed by atoms with Crippen LogP contribution in [0.3, 0.4) is 0 Å². The molecule has 2 aromatic carbocycles. The van der Waals surface area contributed by atoms with Gasteiger partial charge in [0.05, 0.1) is 7.11 Å². The molecule has 7 heteroatoms. The van der Waals surface area contributed by atoms with Gasteiger partial charge in [-0.2, -0.15) is 0 Å². The molecule has 0 aliphatic carbocycles. The summed E-state index contributed by atoms with van der Waals surface area (Å²) in [6.07, 6.45) is 0.875. The van der Waals surface area contributed by atoms with E-state index in [0.717, 1.165) is 5.56 Å². The van der Waals surface area contributed by atoms with Crippen LogP contribution in [-0.4, -0.2) is 21.4 Å². The van der Waals surface area contributed by atoms with Crippen molar-refractivity contribution in [1.82, 2.24) is 0 Å². The molecule has 2 aromatic rings. The Labute approximate surface area is 160 Å². The minimum atomic E-state index is -3.95. The Bertz CT molecular complexity index is 914. The molecule has 0 atom stereocenters. The number of sulfonamides is 1. The molecule has 146 valence electrons. The molecule has 0 saturated heterocycles. The number of carbonyl (C=O) groups excluding carboxylic acids is 1.